The van der Waals surface area contributed by atoms with E-state index in [4.69, 9.17) is 18.6 Å². The summed E-state index contributed by atoms with van der Waals surface area (Å²) in [5.41, 5.74) is 1.05. The van der Waals surface area contributed by atoms with E-state index in [1.54, 1.807) is 0 Å². The second kappa shape index (κ2) is 8.17. The van der Waals surface area contributed by atoms with E-state index >= 15 is 0 Å². The van der Waals surface area contributed by atoms with E-state index in [0.29, 0.717) is 6.61 Å². The lowest BCUT2D eigenvalue weighted by molar-refractivity contribution is -0.267. The topological polar surface area (TPSA) is 36.9 Å². The summed E-state index contributed by atoms with van der Waals surface area (Å²) in [6, 6.07) is 10.1. The van der Waals surface area contributed by atoms with Crippen LogP contribution in [0.2, 0.25) is 18.1 Å². The molecule has 3 rings (SSSR count). The molecule has 0 radical (unpaired) electrons. The number of ether oxygens (including phenoxy) is 3. The Morgan fingerprint density at radius 1 is 1.07 bits per heavy atom. The van der Waals surface area contributed by atoms with Gasteiger partial charge in [0.2, 0.25) is 0 Å². The lowest BCUT2D eigenvalue weighted by Crippen LogP contribution is -2.47. The Hall–Kier alpha value is -0.983. The van der Waals surface area contributed by atoms with Gasteiger partial charge in [0.25, 0.3) is 0 Å². The van der Waals surface area contributed by atoms with Crippen LogP contribution in [0.5, 0.6) is 0 Å². The molecule has 0 unspecified atom stereocenters. The molecule has 1 aromatic carbocycles. The van der Waals surface area contributed by atoms with E-state index in [0.717, 1.165) is 18.4 Å². The van der Waals surface area contributed by atoms with Crippen molar-refractivity contribution in [3.63, 3.8) is 0 Å². The molecular weight excluding hydrogens is 356 g/mol. The normalized spacial score (nSPS) is 32.4. The standard InChI is InChI=1S/C22H34O4Si/c1-7-17-19(26-27(5,6)22(2,3)4)14-13-18-20(24-17)15-23-21(25-18)16-11-9-8-10-12-16/h7-12,17-21H,1,13-15H2,2-6H3/t17-,18-,19+,20+,21+/m1/s1. The molecule has 5 atom stereocenters. The molecule has 2 fully saturated rings. The Labute approximate surface area is 165 Å². The lowest BCUT2D eigenvalue weighted by atomic mass is 10.0. The van der Waals surface area contributed by atoms with Gasteiger partial charge >= 0.3 is 0 Å². The maximum atomic E-state index is 6.69. The maximum Gasteiger partial charge on any atom is 0.192 e. The van der Waals surface area contributed by atoms with E-state index in [1.807, 2.05) is 36.4 Å². The minimum atomic E-state index is -1.89. The highest BCUT2D eigenvalue weighted by Gasteiger charge is 2.44. The van der Waals surface area contributed by atoms with Crippen LogP contribution in [0.15, 0.2) is 43.0 Å². The highest BCUT2D eigenvalue weighted by molar-refractivity contribution is 6.74. The summed E-state index contributed by atoms with van der Waals surface area (Å²) in [6.07, 6.45) is 3.19. The summed E-state index contributed by atoms with van der Waals surface area (Å²) in [5, 5.41) is 0.163. The molecule has 0 N–H and O–H groups in total. The molecular formula is C22H34O4Si. The molecule has 2 aliphatic rings. The summed E-state index contributed by atoms with van der Waals surface area (Å²) in [4.78, 5) is 0. The first-order valence-corrected chi connectivity index (χ1v) is 12.9. The molecule has 27 heavy (non-hydrogen) atoms. The van der Waals surface area contributed by atoms with Gasteiger partial charge in [-0.05, 0) is 31.0 Å². The molecule has 2 heterocycles. The SMILES string of the molecule is C=C[C@H]1O[C@H]2CO[C@H](c3ccccc3)O[C@@H]2CC[C@@H]1O[Si](C)(C)C(C)(C)C. The quantitative estimate of drug-likeness (QED) is 0.521. The van der Waals surface area contributed by atoms with Gasteiger partial charge in [-0.3, -0.25) is 0 Å². The summed E-state index contributed by atoms with van der Waals surface area (Å²) < 4.78 is 25.3. The molecule has 150 valence electrons. The zero-order chi connectivity index (χ0) is 19.7. The van der Waals surface area contributed by atoms with Crippen molar-refractivity contribution in [1.29, 1.82) is 0 Å². The molecule has 0 saturated carbocycles. The van der Waals surface area contributed by atoms with Crippen LogP contribution in [0.4, 0.5) is 0 Å². The number of hydrogen-bond acceptors (Lipinski definition) is 4. The van der Waals surface area contributed by atoms with Gasteiger partial charge in [0.15, 0.2) is 14.6 Å². The van der Waals surface area contributed by atoms with Crippen LogP contribution >= 0.6 is 0 Å². The fourth-order valence-electron chi connectivity index (χ4n) is 3.41. The predicted molar refractivity (Wildman–Crippen MR) is 110 cm³/mol. The molecule has 0 aliphatic carbocycles. The summed E-state index contributed by atoms with van der Waals surface area (Å²) in [7, 11) is -1.89. The Bertz CT molecular complexity index is 625. The van der Waals surface area contributed by atoms with Gasteiger partial charge in [-0.15, -0.1) is 6.58 Å². The zero-order valence-corrected chi connectivity index (χ0v) is 18.3. The highest BCUT2D eigenvalue weighted by atomic mass is 28.4. The highest BCUT2D eigenvalue weighted by Crippen LogP contribution is 2.40. The van der Waals surface area contributed by atoms with Gasteiger partial charge in [-0.25, -0.2) is 0 Å². The van der Waals surface area contributed by atoms with Crippen molar-refractivity contribution in [2.75, 3.05) is 6.61 Å². The zero-order valence-electron chi connectivity index (χ0n) is 17.3. The van der Waals surface area contributed by atoms with Crippen molar-refractivity contribution >= 4 is 8.32 Å². The van der Waals surface area contributed by atoms with Crippen molar-refractivity contribution in [1.82, 2.24) is 0 Å². The van der Waals surface area contributed by atoms with Crippen LogP contribution in [0, 0.1) is 0 Å². The lowest BCUT2D eigenvalue weighted by Gasteiger charge is -2.40. The number of hydrogen-bond donors (Lipinski definition) is 0. The van der Waals surface area contributed by atoms with Crippen molar-refractivity contribution in [3.8, 4) is 0 Å². The predicted octanol–water partition coefficient (Wildman–Crippen LogP) is 5.22. The van der Waals surface area contributed by atoms with Crippen molar-refractivity contribution < 1.29 is 18.6 Å². The fourth-order valence-corrected chi connectivity index (χ4v) is 4.77. The van der Waals surface area contributed by atoms with E-state index < -0.39 is 8.32 Å². The molecule has 1 aromatic rings. The van der Waals surface area contributed by atoms with E-state index in [9.17, 15) is 0 Å². The maximum absolute atomic E-state index is 6.69. The third-order valence-electron chi connectivity index (χ3n) is 6.12. The van der Waals surface area contributed by atoms with Crippen LogP contribution in [0.3, 0.4) is 0 Å². The Morgan fingerprint density at radius 2 is 1.78 bits per heavy atom. The van der Waals surface area contributed by atoms with Gasteiger partial charge in [-0.2, -0.15) is 0 Å². The van der Waals surface area contributed by atoms with Crippen LogP contribution in [-0.2, 0) is 18.6 Å². The van der Waals surface area contributed by atoms with Crippen LogP contribution < -0.4 is 0 Å². The summed E-state index contributed by atoms with van der Waals surface area (Å²) >= 11 is 0. The Kier molecular flexibility index (Phi) is 6.28. The van der Waals surface area contributed by atoms with Gasteiger partial charge in [0.1, 0.15) is 12.2 Å². The number of fused-ring (bicyclic) bond motifs is 1. The second-order valence-electron chi connectivity index (χ2n) is 9.12. The van der Waals surface area contributed by atoms with Gasteiger partial charge in [-0.1, -0.05) is 57.2 Å². The van der Waals surface area contributed by atoms with Crippen molar-refractivity contribution in [2.45, 2.75) is 82.5 Å². The van der Waals surface area contributed by atoms with Crippen LogP contribution in [-0.4, -0.2) is 39.3 Å². The third kappa shape index (κ3) is 4.72. The Balaban J connectivity index is 1.70. The first-order chi connectivity index (χ1) is 12.7. The fraction of sp³-hybridized carbons (Fsp3) is 0.636. The summed E-state index contributed by atoms with van der Waals surface area (Å²) in [6.45, 7) is 15.9. The minimum Gasteiger partial charge on any atom is -0.411 e. The monoisotopic (exact) mass is 390 g/mol. The smallest absolute Gasteiger partial charge is 0.192 e. The van der Waals surface area contributed by atoms with Crippen molar-refractivity contribution in [3.05, 3.63) is 48.6 Å². The summed E-state index contributed by atoms with van der Waals surface area (Å²) in [5.74, 6) is 0. The third-order valence-corrected chi connectivity index (χ3v) is 10.6. The van der Waals surface area contributed by atoms with Crippen molar-refractivity contribution in [2.24, 2.45) is 0 Å². The average Bonchev–Trinajstić information content (AvgIpc) is 2.80. The van der Waals surface area contributed by atoms with E-state index in [2.05, 4.69) is 40.4 Å². The molecule has 4 nitrogen and oxygen atoms in total. The van der Waals surface area contributed by atoms with Gasteiger partial charge in [0.05, 0.1) is 18.8 Å². The molecule has 5 heteroatoms. The largest absolute Gasteiger partial charge is 0.411 e. The first kappa shape index (κ1) is 20.7. The molecule has 2 aliphatic heterocycles. The van der Waals surface area contributed by atoms with Crippen LogP contribution in [0.25, 0.3) is 0 Å². The molecule has 0 aromatic heterocycles. The number of rotatable bonds is 4. The van der Waals surface area contributed by atoms with Gasteiger partial charge in [0, 0.05) is 5.56 Å². The first-order valence-electron chi connectivity index (χ1n) is 9.99. The van der Waals surface area contributed by atoms with Gasteiger partial charge < -0.3 is 18.6 Å². The van der Waals surface area contributed by atoms with E-state index in [1.165, 1.54) is 0 Å². The molecule has 0 spiro atoms. The average molecular weight is 391 g/mol. The van der Waals surface area contributed by atoms with Crippen LogP contribution in [0.1, 0.15) is 45.5 Å². The van der Waals surface area contributed by atoms with E-state index in [-0.39, 0.29) is 35.7 Å². The molecule has 2 saturated heterocycles. The Morgan fingerprint density at radius 3 is 2.41 bits per heavy atom. The minimum absolute atomic E-state index is 0.0134. The molecule has 0 bridgehead atoms. The number of benzene rings is 1. The second-order valence-corrected chi connectivity index (χ2v) is 13.9. The molecule has 0 amide bonds.